The van der Waals surface area contributed by atoms with Gasteiger partial charge in [-0.15, -0.1) is 0 Å². The Morgan fingerprint density at radius 1 is 0.415 bits per heavy atom. The van der Waals surface area contributed by atoms with Gasteiger partial charge < -0.3 is 9.32 Å². The van der Waals surface area contributed by atoms with Crippen molar-refractivity contribution in [1.29, 1.82) is 0 Å². The van der Waals surface area contributed by atoms with E-state index in [0.717, 1.165) is 55.7 Å². The quantitative estimate of drug-likeness (QED) is 0.174. The van der Waals surface area contributed by atoms with Gasteiger partial charge in [-0.05, 0) is 98.6 Å². The van der Waals surface area contributed by atoms with Crippen molar-refractivity contribution in [3.05, 3.63) is 199 Å². The second kappa shape index (κ2) is 12.3. The van der Waals surface area contributed by atoms with Gasteiger partial charge in [-0.1, -0.05) is 153 Å². The molecule has 0 N–H and O–H groups in total. The maximum absolute atomic E-state index is 6.77. The first kappa shape index (κ1) is 31.1. The van der Waals surface area contributed by atoms with Crippen LogP contribution in [0.25, 0.3) is 66.4 Å². The Hall–Kier alpha value is -6.64. The molecule has 2 nitrogen and oxygen atoms in total. The third-order valence-electron chi connectivity index (χ3n) is 11.1. The summed E-state index contributed by atoms with van der Waals surface area (Å²) in [6.45, 7) is 4.68. The van der Waals surface area contributed by atoms with Gasteiger partial charge in [0, 0.05) is 27.7 Å². The Morgan fingerprint density at radius 3 is 1.83 bits per heavy atom. The van der Waals surface area contributed by atoms with E-state index in [2.05, 4.69) is 207 Å². The smallest absolute Gasteiger partial charge is 0.145 e. The highest BCUT2D eigenvalue weighted by atomic mass is 16.3. The molecule has 0 aliphatic heterocycles. The number of furan rings is 1. The van der Waals surface area contributed by atoms with Gasteiger partial charge in [0.2, 0.25) is 0 Å². The molecule has 252 valence electrons. The maximum Gasteiger partial charge on any atom is 0.145 e. The number of rotatable bonds is 6. The molecule has 0 saturated carbocycles. The van der Waals surface area contributed by atoms with Crippen molar-refractivity contribution >= 4 is 39.0 Å². The van der Waals surface area contributed by atoms with Crippen molar-refractivity contribution in [3.8, 4) is 44.5 Å². The van der Waals surface area contributed by atoms with Crippen LogP contribution in [0.3, 0.4) is 0 Å². The Bertz CT molecular complexity index is 2810. The van der Waals surface area contributed by atoms with E-state index in [9.17, 15) is 0 Å². The van der Waals surface area contributed by atoms with Gasteiger partial charge in [0.25, 0.3) is 0 Å². The molecule has 1 aliphatic rings. The van der Waals surface area contributed by atoms with E-state index in [1.165, 1.54) is 38.9 Å². The van der Waals surface area contributed by atoms with Crippen LogP contribution in [-0.2, 0) is 5.41 Å². The number of anilines is 3. The minimum atomic E-state index is -0.0790. The lowest BCUT2D eigenvalue weighted by molar-refractivity contribution is 0.660. The number of hydrogen-bond donors (Lipinski definition) is 0. The summed E-state index contributed by atoms with van der Waals surface area (Å²) >= 11 is 0. The summed E-state index contributed by atoms with van der Waals surface area (Å²) in [5.74, 6) is 0. The van der Waals surface area contributed by atoms with E-state index in [1.54, 1.807) is 0 Å². The Kier molecular flexibility index (Phi) is 7.19. The Morgan fingerprint density at radius 2 is 1.02 bits per heavy atom. The molecule has 0 unspecified atom stereocenters. The molecule has 0 radical (unpaired) electrons. The van der Waals surface area contributed by atoms with Crippen molar-refractivity contribution in [2.75, 3.05) is 4.90 Å². The zero-order valence-corrected chi connectivity index (χ0v) is 29.8. The first-order chi connectivity index (χ1) is 26.0. The van der Waals surface area contributed by atoms with Crippen LogP contribution in [0.1, 0.15) is 25.0 Å². The highest BCUT2D eigenvalue weighted by Gasteiger charge is 2.35. The van der Waals surface area contributed by atoms with Crippen LogP contribution >= 0.6 is 0 Å². The van der Waals surface area contributed by atoms with Crippen LogP contribution in [0.2, 0.25) is 0 Å². The van der Waals surface area contributed by atoms with Crippen LogP contribution in [0.5, 0.6) is 0 Å². The van der Waals surface area contributed by atoms with E-state index < -0.39 is 0 Å². The maximum atomic E-state index is 6.77. The van der Waals surface area contributed by atoms with Crippen molar-refractivity contribution in [1.82, 2.24) is 0 Å². The van der Waals surface area contributed by atoms with Gasteiger partial charge in [0.05, 0.1) is 11.1 Å². The average molecular weight is 680 g/mol. The topological polar surface area (TPSA) is 16.4 Å². The first-order valence-corrected chi connectivity index (χ1v) is 18.3. The summed E-state index contributed by atoms with van der Waals surface area (Å²) in [6.07, 6.45) is 0. The number of benzene rings is 8. The predicted octanol–water partition coefficient (Wildman–Crippen LogP) is 14.4. The molecule has 1 heterocycles. The molecule has 0 saturated heterocycles. The first-order valence-electron chi connectivity index (χ1n) is 18.3. The fourth-order valence-electron chi connectivity index (χ4n) is 8.45. The van der Waals surface area contributed by atoms with Gasteiger partial charge in [-0.25, -0.2) is 0 Å². The molecular formula is C51H37NO. The van der Waals surface area contributed by atoms with Crippen LogP contribution in [0.15, 0.2) is 192 Å². The monoisotopic (exact) mass is 679 g/mol. The largest absolute Gasteiger partial charge is 0.455 e. The summed E-state index contributed by atoms with van der Waals surface area (Å²) in [7, 11) is 0. The lowest BCUT2D eigenvalue weighted by Gasteiger charge is -2.28. The van der Waals surface area contributed by atoms with Gasteiger partial charge in [0.1, 0.15) is 11.2 Å². The van der Waals surface area contributed by atoms with E-state index >= 15 is 0 Å². The fourth-order valence-corrected chi connectivity index (χ4v) is 8.45. The van der Waals surface area contributed by atoms with Crippen LogP contribution < -0.4 is 4.90 Å². The second-order valence-corrected chi connectivity index (χ2v) is 14.5. The highest BCUT2D eigenvalue weighted by Crippen LogP contribution is 2.52. The number of hydrogen-bond acceptors (Lipinski definition) is 2. The minimum absolute atomic E-state index is 0.0790. The second-order valence-electron chi connectivity index (χ2n) is 14.5. The average Bonchev–Trinajstić information content (AvgIpc) is 3.72. The molecular weight excluding hydrogens is 643 g/mol. The SMILES string of the molecule is CC1(C)c2ccccc2-c2cc(N(c3cccc(-c4cccc(-c5ccccc5)c4)c3)c3ccc(-c4ccccc4)c4oc5ccccc5c34)ccc21. The lowest BCUT2D eigenvalue weighted by Crippen LogP contribution is -2.15. The van der Waals surface area contributed by atoms with Gasteiger partial charge in [-0.2, -0.15) is 0 Å². The van der Waals surface area contributed by atoms with Crippen molar-refractivity contribution in [2.45, 2.75) is 19.3 Å². The highest BCUT2D eigenvalue weighted by molar-refractivity contribution is 6.17. The molecule has 1 aliphatic carbocycles. The van der Waals surface area contributed by atoms with Crippen LogP contribution in [-0.4, -0.2) is 0 Å². The van der Waals surface area contributed by atoms with Gasteiger partial charge in [0.15, 0.2) is 0 Å². The summed E-state index contributed by atoms with van der Waals surface area (Å²) in [5.41, 5.74) is 17.2. The summed E-state index contributed by atoms with van der Waals surface area (Å²) in [6, 6.07) is 67.8. The number of nitrogens with zero attached hydrogens (tertiary/aromatic N) is 1. The summed E-state index contributed by atoms with van der Waals surface area (Å²) in [4.78, 5) is 2.43. The molecule has 8 aromatic carbocycles. The number of para-hydroxylation sites is 1. The molecule has 0 atom stereocenters. The molecule has 0 bridgehead atoms. The molecule has 0 fully saturated rings. The minimum Gasteiger partial charge on any atom is -0.455 e. The summed E-state index contributed by atoms with van der Waals surface area (Å²) in [5, 5.41) is 2.19. The van der Waals surface area contributed by atoms with Crippen molar-refractivity contribution in [3.63, 3.8) is 0 Å². The Labute approximate surface area is 310 Å². The van der Waals surface area contributed by atoms with Crippen molar-refractivity contribution in [2.24, 2.45) is 0 Å². The molecule has 0 spiro atoms. The normalized spacial score (nSPS) is 12.9. The van der Waals surface area contributed by atoms with Gasteiger partial charge in [-0.3, -0.25) is 0 Å². The summed E-state index contributed by atoms with van der Waals surface area (Å²) < 4.78 is 6.77. The standard InChI is InChI=1S/C51H37NO/c1-51(2)45-25-11-9-23-42(45)44-33-40(27-29-46(44)51)52(39-22-14-21-38(32-39)37-20-13-19-36(31-37)34-15-5-3-6-16-34)47-30-28-41(35-17-7-4-8-18-35)50-49(47)43-24-10-12-26-48(43)53-50/h3-33H,1-2H3. The van der Waals surface area contributed by atoms with Crippen LogP contribution in [0, 0.1) is 0 Å². The fraction of sp³-hybridized carbons (Fsp3) is 0.0588. The predicted molar refractivity (Wildman–Crippen MR) is 222 cm³/mol. The van der Waals surface area contributed by atoms with E-state index in [0.29, 0.717) is 0 Å². The zero-order valence-electron chi connectivity index (χ0n) is 29.8. The molecule has 2 heteroatoms. The van der Waals surface area contributed by atoms with E-state index in [4.69, 9.17) is 4.42 Å². The molecule has 1 aromatic heterocycles. The molecule has 10 rings (SSSR count). The lowest BCUT2D eigenvalue weighted by atomic mass is 9.82. The molecule has 9 aromatic rings. The van der Waals surface area contributed by atoms with E-state index in [1.807, 2.05) is 0 Å². The third kappa shape index (κ3) is 5.10. The third-order valence-corrected chi connectivity index (χ3v) is 11.1. The molecule has 0 amide bonds. The van der Waals surface area contributed by atoms with Gasteiger partial charge >= 0.3 is 0 Å². The molecule has 53 heavy (non-hydrogen) atoms. The number of fused-ring (bicyclic) bond motifs is 6. The zero-order chi connectivity index (χ0) is 35.5. The Balaban J connectivity index is 1.22. The van der Waals surface area contributed by atoms with Crippen LogP contribution in [0.4, 0.5) is 17.1 Å². The van der Waals surface area contributed by atoms with E-state index in [-0.39, 0.29) is 5.41 Å². The van der Waals surface area contributed by atoms with Crippen molar-refractivity contribution < 1.29 is 4.42 Å².